The second-order valence-corrected chi connectivity index (χ2v) is 4.51. The van der Waals surface area contributed by atoms with E-state index in [0.29, 0.717) is 11.4 Å². The Morgan fingerprint density at radius 1 is 1.41 bits per heavy atom. The number of carbonyl (C=O) groups is 2. The highest BCUT2D eigenvalue weighted by Crippen LogP contribution is 2.25. The zero-order valence-corrected chi connectivity index (χ0v) is 12.1. The molecule has 1 amide bonds. The summed E-state index contributed by atoms with van der Waals surface area (Å²) in [6, 6.07) is 8.73. The van der Waals surface area contributed by atoms with Crippen molar-refractivity contribution >= 4 is 23.3 Å². The second-order valence-electron chi connectivity index (χ2n) is 4.51. The van der Waals surface area contributed by atoms with Crippen LogP contribution >= 0.6 is 0 Å². The van der Waals surface area contributed by atoms with Gasteiger partial charge in [-0.05, 0) is 18.2 Å². The van der Waals surface area contributed by atoms with E-state index in [9.17, 15) is 9.59 Å². The molecule has 7 nitrogen and oxygen atoms in total. The molecular weight excluding hydrogens is 284 g/mol. The van der Waals surface area contributed by atoms with Gasteiger partial charge in [-0.25, -0.2) is 4.79 Å². The molecule has 0 saturated carbocycles. The van der Waals surface area contributed by atoms with Crippen molar-refractivity contribution < 1.29 is 14.3 Å². The number of esters is 1. The van der Waals surface area contributed by atoms with Gasteiger partial charge in [-0.1, -0.05) is 6.07 Å². The number of methoxy groups -OCH3 is 1. The summed E-state index contributed by atoms with van der Waals surface area (Å²) < 4.78 is 6.18. The highest BCUT2D eigenvalue weighted by atomic mass is 16.5. The van der Waals surface area contributed by atoms with Crippen LogP contribution in [0.15, 0.2) is 30.5 Å². The van der Waals surface area contributed by atoms with E-state index in [1.807, 2.05) is 6.07 Å². The monoisotopic (exact) mass is 298 g/mol. The minimum absolute atomic E-state index is 0.0549. The topological polar surface area (TPSA) is 110 Å². The number of nitrogens with two attached hydrogens (primary N) is 1. The molecule has 0 aliphatic rings. The Morgan fingerprint density at radius 3 is 2.73 bits per heavy atom. The number of hydrogen-bond donors (Lipinski definition) is 2. The Labute approximate surface area is 126 Å². The van der Waals surface area contributed by atoms with Crippen molar-refractivity contribution in [3.8, 4) is 11.8 Å². The van der Waals surface area contributed by atoms with Crippen LogP contribution in [0.4, 0.5) is 11.4 Å². The van der Waals surface area contributed by atoms with E-state index in [4.69, 9.17) is 15.7 Å². The van der Waals surface area contributed by atoms with E-state index in [0.717, 1.165) is 0 Å². The Kier molecular flexibility index (Phi) is 4.13. The molecule has 7 heteroatoms. The minimum Gasteiger partial charge on any atom is -0.464 e. The van der Waals surface area contributed by atoms with E-state index in [2.05, 4.69) is 5.32 Å². The molecule has 22 heavy (non-hydrogen) atoms. The molecule has 2 aromatic rings. The van der Waals surface area contributed by atoms with Crippen LogP contribution in [0.2, 0.25) is 0 Å². The largest absolute Gasteiger partial charge is 0.464 e. The summed E-state index contributed by atoms with van der Waals surface area (Å²) in [4.78, 5) is 23.1. The number of nitrogen functional groups attached to an aromatic ring is 1. The van der Waals surface area contributed by atoms with Gasteiger partial charge < -0.3 is 20.4 Å². The van der Waals surface area contributed by atoms with Gasteiger partial charge in [0.1, 0.15) is 6.07 Å². The van der Waals surface area contributed by atoms with Crippen molar-refractivity contribution in [3.05, 3.63) is 41.7 Å². The molecule has 0 aliphatic carbocycles. The summed E-state index contributed by atoms with van der Waals surface area (Å²) in [5, 5.41) is 11.7. The molecule has 112 valence electrons. The molecule has 0 spiro atoms. The number of benzene rings is 1. The first kappa shape index (κ1) is 15.1. The Morgan fingerprint density at radius 2 is 2.14 bits per heavy atom. The molecule has 2 rings (SSSR count). The summed E-state index contributed by atoms with van der Waals surface area (Å²) in [5.74, 6) is -0.862. The molecule has 1 heterocycles. The number of ether oxygens (including phenoxy) is 1. The van der Waals surface area contributed by atoms with Crippen LogP contribution < -0.4 is 11.1 Å². The average molecular weight is 298 g/mol. The lowest BCUT2D eigenvalue weighted by molar-refractivity contribution is -0.114. The number of aromatic nitrogens is 1. The summed E-state index contributed by atoms with van der Waals surface area (Å²) in [5.41, 5.74) is 7.26. The van der Waals surface area contributed by atoms with Crippen LogP contribution in [0.5, 0.6) is 0 Å². The standard InChI is InChI=1S/C15H14N4O3/c1-9(20)18-11-4-3-5-12(6-11)19-8-10(7-16)13(17)14(19)15(21)22-2/h3-6,8H,17H2,1-2H3,(H,18,20). The lowest BCUT2D eigenvalue weighted by atomic mass is 10.2. The molecule has 0 unspecified atom stereocenters. The van der Waals surface area contributed by atoms with Gasteiger partial charge in [0.2, 0.25) is 5.91 Å². The van der Waals surface area contributed by atoms with Gasteiger partial charge in [0.05, 0.1) is 18.4 Å². The third-order valence-electron chi connectivity index (χ3n) is 2.99. The summed E-state index contributed by atoms with van der Waals surface area (Å²) in [6.07, 6.45) is 1.45. The maximum absolute atomic E-state index is 11.9. The highest BCUT2D eigenvalue weighted by Gasteiger charge is 2.21. The number of nitrogens with zero attached hydrogens (tertiary/aromatic N) is 2. The molecule has 0 aliphatic heterocycles. The van der Waals surface area contributed by atoms with E-state index in [1.54, 1.807) is 24.3 Å². The number of amides is 1. The third kappa shape index (κ3) is 2.76. The first-order chi connectivity index (χ1) is 10.5. The zero-order valence-electron chi connectivity index (χ0n) is 12.1. The number of nitriles is 1. The molecular formula is C15H14N4O3. The van der Waals surface area contributed by atoms with Gasteiger partial charge in [-0.2, -0.15) is 5.26 Å². The van der Waals surface area contributed by atoms with Crippen LogP contribution in [-0.4, -0.2) is 23.6 Å². The Bertz CT molecular complexity index is 787. The van der Waals surface area contributed by atoms with E-state index < -0.39 is 5.97 Å². The van der Waals surface area contributed by atoms with Crippen molar-refractivity contribution in [2.24, 2.45) is 0 Å². The third-order valence-corrected chi connectivity index (χ3v) is 2.99. The molecule has 1 aromatic heterocycles. The first-order valence-corrected chi connectivity index (χ1v) is 6.35. The maximum atomic E-state index is 11.9. The fraction of sp³-hybridized carbons (Fsp3) is 0.133. The second kappa shape index (κ2) is 6.01. The van der Waals surface area contributed by atoms with Gasteiger partial charge in [-0.15, -0.1) is 0 Å². The molecule has 0 atom stereocenters. The Hall–Kier alpha value is -3.27. The molecule has 3 N–H and O–H groups in total. The van der Waals surface area contributed by atoms with E-state index >= 15 is 0 Å². The minimum atomic E-state index is -0.649. The quantitative estimate of drug-likeness (QED) is 0.837. The average Bonchev–Trinajstić information content (AvgIpc) is 2.83. The zero-order chi connectivity index (χ0) is 16.3. The Balaban J connectivity index is 2.60. The van der Waals surface area contributed by atoms with Crippen LogP contribution in [0.25, 0.3) is 5.69 Å². The normalized spacial score (nSPS) is 9.86. The van der Waals surface area contributed by atoms with E-state index in [-0.39, 0.29) is 22.9 Å². The predicted octanol–water partition coefficient (Wildman–Crippen LogP) is 1.68. The molecule has 1 aromatic carbocycles. The van der Waals surface area contributed by atoms with Crippen molar-refractivity contribution in [1.82, 2.24) is 4.57 Å². The lowest BCUT2D eigenvalue weighted by Crippen LogP contribution is -2.11. The maximum Gasteiger partial charge on any atom is 0.357 e. The summed E-state index contributed by atoms with van der Waals surface area (Å²) in [7, 11) is 1.24. The molecule has 0 radical (unpaired) electrons. The first-order valence-electron chi connectivity index (χ1n) is 6.35. The van der Waals surface area contributed by atoms with Crippen molar-refractivity contribution in [3.63, 3.8) is 0 Å². The lowest BCUT2D eigenvalue weighted by Gasteiger charge is -2.10. The number of carbonyl (C=O) groups excluding carboxylic acids is 2. The summed E-state index contributed by atoms with van der Waals surface area (Å²) >= 11 is 0. The SMILES string of the molecule is COC(=O)c1c(N)c(C#N)cn1-c1cccc(NC(C)=O)c1. The highest BCUT2D eigenvalue weighted by molar-refractivity contribution is 5.96. The van der Waals surface area contributed by atoms with Crippen molar-refractivity contribution in [2.45, 2.75) is 6.92 Å². The van der Waals surface area contributed by atoms with Crippen molar-refractivity contribution in [2.75, 3.05) is 18.2 Å². The van der Waals surface area contributed by atoms with Crippen LogP contribution in [0, 0.1) is 11.3 Å². The van der Waals surface area contributed by atoms with Gasteiger partial charge in [0.15, 0.2) is 5.69 Å². The van der Waals surface area contributed by atoms with Crippen LogP contribution in [-0.2, 0) is 9.53 Å². The van der Waals surface area contributed by atoms with Crippen LogP contribution in [0.1, 0.15) is 23.0 Å². The number of anilines is 2. The van der Waals surface area contributed by atoms with Crippen molar-refractivity contribution in [1.29, 1.82) is 5.26 Å². The fourth-order valence-corrected chi connectivity index (χ4v) is 2.06. The van der Waals surface area contributed by atoms with Crippen LogP contribution in [0.3, 0.4) is 0 Å². The van der Waals surface area contributed by atoms with Gasteiger partial charge in [0, 0.05) is 24.5 Å². The molecule has 0 bridgehead atoms. The van der Waals surface area contributed by atoms with Gasteiger partial charge in [-0.3, -0.25) is 4.79 Å². The number of nitrogens with one attached hydrogen (secondary N) is 1. The smallest absolute Gasteiger partial charge is 0.357 e. The molecule has 0 fully saturated rings. The number of hydrogen-bond acceptors (Lipinski definition) is 5. The predicted molar refractivity (Wildman–Crippen MR) is 80.5 cm³/mol. The summed E-state index contributed by atoms with van der Waals surface area (Å²) in [6.45, 7) is 1.40. The van der Waals surface area contributed by atoms with Gasteiger partial charge in [0.25, 0.3) is 0 Å². The number of rotatable bonds is 3. The molecule has 0 saturated heterocycles. The fourth-order valence-electron chi connectivity index (χ4n) is 2.06. The van der Waals surface area contributed by atoms with E-state index in [1.165, 1.54) is 24.8 Å². The van der Waals surface area contributed by atoms with Gasteiger partial charge >= 0.3 is 5.97 Å².